The van der Waals surface area contributed by atoms with Gasteiger partial charge in [-0.25, -0.2) is 0 Å². The minimum Gasteiger partial charge on any atom is -0.340 e. The molecule has 0 spiro atoms. The van der Waals surface area contributed by atoms with Crippen molar-refractivity contribution in [1.29, 1.82) is 0 Å². The van der Waals surface area contributed by atoms with E-state index in [0.29, 0.717) is 23.0 Å². The van der Waals surface area contributed by atoms with Crippen LogP contribution in [0.3, 0.4) is 0 Å². The molecule has 0 fully saturated rings. The number of carbonyl (C=O) groups is 1. The number of carbonyl (C=O) groups excluding carboxylic acids is 1. The van der Waals surface area contributed by atoms with Gasteiger partial charge < -0.3 is 9.84 Å². The molecule has 0 bridgehead atoms. The highest BCUT2D eigenvalue weighted by molar-refractivity contribution is 5.98. The molecule has 30 heavy (non-hydrogen) atoms. The number of amides is 1. The Kier molecular flexibility index (Phi) is 5.27. The lowest BCUT2D eigenvalue weighted by Crippen LogP contribution is -2.32. The Morgan fingerprint density at radius 1 is 1.03 bits per heavy atom. The Morgan fingerprint density at radius 3 is 2.53 bits per heavy atom. The van der Waals surface area contributed by atoms with Crippen molar-refractivity contribution in [3.8, 4) is 11.4 Å². The zero-order valence-electron chi connectivity index (χ0n) is 17.4. The smallest absolute Gasteiger partial charge is 0.253 e. The molecule has 0 saturated carbocycles. The Morgan fingerprint density at radius 2 is 1.80 bits per heavy atom. The number of fused-ring (bicyclic) bond motifs is 1. The number of hydrogen-bond donors (Lipinski definition) is 1. The molecule has 7 heteroatoms. The molecule has 0 aliphatic rings. The summed E-state index contributed by atoms with van der Waals surface area (Å²) in [6.07, 6.45) is 3.34. The summed E-state index contributed by atoms with van der Waals surface area (Å²) in [5.74, 6) is 0.666. The van der Waals surface area contributed by atoms with Crippen molar-refractivity contribution in [2.45, 2.75) is 33.7 Å². The second-order valence-electron chi connectivity index (χ2n) is 7.70. The van der Waals surface area contributed by atoms with Crippen molar-refractivity contribution in [1.82, 2.24) is 25.4 Å². The van der Waals surface area contributed by atoms with E-state index in [9.17, 15) is 4.79 Å². The van der Waals surface area contributed by atoms with Gasteiger partial charge in [0, 0.05) is 23.3 Å². The molecular weight excluding hydrogens is 378 g/mol. The van der Waals surface area contributed by atoms with E-state index >= 15 is 0 Å². The molecular formula is C23H23N5O2. The van der Waals surface area contributed by atoms with Crippen LogP contribution in [0.15, 0.2) is 53.3 Å². The van der Waals surface area contributed by atoms with Gasteiger partial charge in [-0.15, -0.1) is 0 Å². The van der Waals surface area contributed by atoms with Gasteiger partial charge in [-0.1, -0.05) is 31.1 Å². The van der Waals surface area contributed by atoms with E-state index in [-0.39, 0.29) is 11.8 Å². The third-order valence-corrected chi connectivity index (χ3v) is 5.01. The second kappa shape index (κ2) is 8.02. The van der Waals surface area contributed by atoms with E-state index in [0.717, 1.165) is 22.0 Å². The molecule has 7 nitrogen and oxygen atoms in total. The number of aryl methyl sites for hydroxylation is 2. The molecule has 1 atom stereocenters. The highest BCUT2D eigenvalue weighted by Gasteiger charge is 2.26. The molecule has 0 saturated heterocycles. The number of rotatable bonds is 5. The second-order valence-corrected chi connectivity index (χ2v) is 7.70. The van der Waals surface area contributed by atoms with Gasteiger partial charge in [0.25, 0.3) is 5.91 Å². The summed E-state index contributed by atoms with van der Waals surface area (Å²) in [5, 5.41) is 8.03. The molecule has 1 unspecified atom stereocenters. The van der Waals surface area contributed by atoms with Crippen LogP contribution in [0.2, 0.25) is 0 Å². The van der Waals surface area contributed by atoms with Crippen LogP contribution >= 0.6 is 0 Å². The maximum Gasteiger partial charge on any atom is 0.253 e. The largest absolute Gasteiger partial charge is 0.340 e. The van der Waals surface area contributed by atoms with Crippen LogP contribution in [0.25, 0.3) is 22.3 Å². The zero-order valence-corrected chi connectivity index (χ0v) is 17.4. The number of aromatic nitrogens is 4. The number of pyridine rings is 2. The Hall–Kier alpha value is -3.61. The third-order valence-electron chi connectivity index (χ3n) is 5.01. The fraction of sp³-hybridized carbons (Fsp3) is 0.261. The SMILES string of the molecule is Cc1ccc2cc(C(=O)NC(c3nc(-c4ccncc4)no3)C(C)C)c(C)nc2c1. The number of nitrogens with one attached hydrogen (secondary N) is 1. The highest BCUT2D eigenvalue weighted by Crippen LogP contribution is 2.25. The number of hydrogen-bond acceptors (Lipinski definition) is 6. The van der Waals surface area contributed by atoms with Crippen molar-refractivity contribution in [3.05, 3.63) is 71.5 Å². The molecule has 0 aliphatic heterocycles. The van der Waals surface area contributed by atoms with E-state index in [1.54, 1.807) is 12.4 Å². The molecule has 1 N–H and O–H groups in total. The molecule has 3 aromatic heterocycles. The molecule has 0 aliphatic carbocycles. The highest BCUT2D eigenvalue weighted by atomic mass is 16.5. The maximum absolute atomic E-state index is 13.1. The van der Waals surface area contributed by atoms with Crippen LogP contribution in [0.4, 0.5) is 0 Å². The van der Waals surface area contributed by atoms with Gasteiger partial charge in [0.05, 0.1) is 16.8 Å². The van der Waals surface area contributed by atoms with Gasteiger partial charge in [-0.05, 0) is 49.6 Å². The first-order valence-corrected chi connectivity index (χ1v) is 9.85. The summed E-state index contributed by atoms with van der Waals surface area (Å²) < 4.78 is 5.48. The number of benzene rings is 1. The minimum atomic E-state index is -0.422. The molecule has 152 valence electrons. The average molecular weight is 401 g/mol. The fourth-order valence-corrected chi connectivity index (χ4v) is 3.32. The van der Waals surface area contributed by atoms with Gasteiger partial charge in [-0.3, -0.25) is 14.8 Å². The standard InChI is InChI=1S/C23H23N5O2/c1-13(2)20(23-27-21(28-30-23)16-7-9-24-10-8-16)26-22(29)18-12-17-6-5-14(3)11-19(17)25-15(18)4/h5-13,20H,1-4H3,(H,26,29). The van der Waals surface area contributed by atoms with Crippen molar-refractivity contribution >= 4 is 16.8 Å². The Balaban J connectivity index is 1.62. The van der Waals surface area contributed by atoms with Crippen LogP contribution in [0.1, 0.15) is 47.4 Å². The topological polar surface area (TPSA) is 93.8 Å². The minimum absolute atomic E-state index is 0.0519. The fourth-order valence-electron chi connectivity index (χ4n) is 3.32. The van der Waals surface area contributed by atoms with Gasteiger partial charge in [0.1, 0.15) is 6.04 Å². The van der Waals surface area contributed by atoms with E-state index in [2.05, 4.69) is 25.4 Å². The van der Waals surface area contributed by atoms with Crippen LogP contribution < -0.4 is 5.32 Å². The third kappa shape index (κ3) is 3.91. The molecule has 1 aromatic carbocycles. The van der Waals surface area contributed by atoms with E-state index in [1.807, 2.05) is 64.1 Å². The lowest BCUT2D eigenvalue weighted by molar-refractivity contribution is 0.0913. The predicted molar refractivity (Wildman–Crippen MR) is 114 cm³/mol. The zero-order chi connectivity index (χ0) is 21.3. The van der Waals surface area contributed by atoms with Crippen molar-refractivity contribution in [2.75, 3.05) is 0 Å². The van der Waals surface area contributed by atoms with Crippen LogP contribution in [-0.2, 0) is 0 Å². The summed E-state index contributed by atoms with van der Waals surface area (Å²) >= 11 is 0. The van der Waals surface area contributed by atoms with Gasteiger partial charge >= 0.3 is 0 Å². The van der Waals surface area contributed by atoms with Gasteiger partial charge in [-0.2, -0.15) is 4.98 Å². The van der Waals surface area contributed by atoms with Crippen molar-refractivity contribution in [2.24, 2.45) is 5.92 Å². The van der Waals surface area contributed by atoms with E-state index in [4.69, 9.17) is 4.52 Å². The lowest BCUT2D eigenvalue weighted by Gasteiger charge is -2.19. The molecule has 0 radical (unpaired) electrons. The first-order chi connectivity index (χ1) is 14.4. The monoisotopic (exact) mass is 401 g/mol. The molecule has 4 aromatic rings. The molecule has 4 rings (SSSR count). The predicted octanol–water partition coefficient (Wildman–Crippen LogP) is 4.42. The lowest BCUT2D eigenvalue weighted by atomic mass is 10.0. The summed E-state index contributed by atoms with van der Waals surface area (Å²) in [6, 6.07) is 11.1. The van der Waals surface area contributed by atoms with Crippen LogP contribution in [0, 0.1) is 19.8 Å². The van der Waals surface area contributed by atoms with Crippen LogP contribution in [-0.4, -0.2) is 26.0 Å². The molecule has 1 amide bonds. The Labute approximate surface area is 174 Å². The summed E-state index contributed by atoms with van der Waals surface area (Å²) in [6.45, 7) is 7.86. The van der Waals surface area contributed by atoms with E-state index in [1.165, 1.54) is 0 Å². The van der Waals surface area contributed by atoms with Gasteiger partial charge in [0.15, 0.2) is 0 Å². The van der Waals surface area contributed by atoms with Crippen molar-refractivity contribution < 1.29 is 9.32 Å². The van der Waals surface area contributed by atoms with Crippen molar-refractivity contribution in [3.63, 3.8) is 0 Å². The van der Waals surface area contributed by atoms with Gasteiger partial charge in [0.2, 0.25) is 11.7 Å². The molecule has 3 heterocycles. The first-order valence-electron chi connectivity index (χ1n) is 9.85. The summed E-state index contributed by atoms with van der Waals surface area (Å²) in [4.78, 5) is 26.2. The first kappa shape index (κ1) is 19.7. The average Bonchev–Trinajstić information content (AvgIpc) is 3.21. The summed E-state index contributed by atoms with van der Waals surface area (Å²) in [7, 11) is 0. The number of nitrogens with zero attached hydrogens (tertiary/aromatic N) is 4. The normalized spacial score (nSPS) is 12.3. The maximum atomic E-state index is 13.1. The van der Waals surface area contributed by atoms with Crippen LogP contribution in [0.5, 0.6) is 0 Å². The summed E-state index contributed by atoms with van der Waals surface area (Å²) in [5.41, 5.74) is 4.02. The Bertz CT molecular complexity index is 1200. The van der Waals surface area contributed by atoms with E-state index < -0.39 is 6.04 Å². The quantitative estimate of drug-likeness (QED) is 0.532.